The lowest BCUT2D eigenvalue weighted by Crippen LogP contribution is -2.48. The van der Waals surface area contributed by atoms with Gasteiger partial charge in [-0.2, -0.15) is 0 Å². The number of rotatable bonds is 4. The molecule has 0 aromatic carbocycles. The summed E-state index contributed by atoms with van der Waals surface area (Å²) in [6.07, 6.45) is 3.18. The molecule has 2 fully saturated rings. The van der Waals surface area contributed by atoms with Crippen LogP contribution in [-0.4, -0.2) is 48.2 Å². The topological polar surface area (TPSA) is 52.6 Å². The average Bonchev–Trinajstić information content (AvgIpc) is 3.06. The minimum absolute atomic E-state index is 0.131. The van der Waals surface area contributed by atoms with E-state index >= 15 is 0 Å². The molecule has 1 saturated heterocycles. The smallest absolute Gasteiger partial charge is 0.236 e. The van der Waals surface area contributed by atoms with Crippen molar-refractivity contribution < 1.29 is 9.90 Å². The van der Waals surface area contributed by atoms with Gasteiger partial charge >= 0.3 is 0 Å². The number of nitrogens with one attached hydrogen (secondary N) is 1. The van der Waals surface area contributed by atoms with Gasteiger partial charge in [0, 0.05) is 13.1 Å². The molecule has 1 heterocycles. The van der Waals surface area contributed by atoms with Gasteiger partial charge in [-0.3, -0.25) is 4.79 Å². The zero-order valence-corrected chi connectivity index (χ0v) is 9.98. The van der Waals surface area contributed by atoms with Gasteiger partial charge in [-0.15, -0.1) is 0 Å². The standard InChI is InChI=1S/C12H22N2O2/c1-9-4-5-14(8-11(9)15)12(16)7-13-6-10-2-3-10/h9-11,13,15H,2-8H2,1H3. The van der Waals surface area contributed by atoms with Crippen LogP contribution < -0.4 is 5.32 Å². The van der Waals surface area contributed by atoms with Crippen LogP contribution in [0.1, 0.15) is 26.2 Å². The van der Waals surface area contributed by atoms with Crippen LogP contribution in [0.25, 0.3) is 0 Å². The molecule has 0 radical (unpaired) electrons. The van der Waals surface area contributed by atoms with Crippen LogP contribution in [0.5, 0.6) is 0 Å². The zero-order valence-electron chi connectivity index (χ0n) is 9.98. The van der Waals surface area contributed by atoms with E-state index in [1.807, 2.05) is 6.92 Å². The summed E-state index contributed by atoms with van der Waals surface area (Å²) >= 11 is 0. The number of carbonyl (C=O) groups is 1. The maximum absolute atomic E-state index is 11.8. The molecule has 1 aliphatic heterocycles. The van der Waals surface area contributed by atoms with Gasteiger partial charge in [0.2, 0.25) is 5.91 Å². The molecular weight excluding hydrogens is 204 g/mol. The third-order valence-corrected chi connectivity index (χ3v) is 3.68. The lowest BCUT2D eigenvalue weighted by Gasteiger charge is -2.34. The van der Waals surface area contributed by atoms with E-state index in [1.54, 1.807) is 4.90 Å². The normalized spacial score (nSPS) is 30.5. The molecule has 1 amide bonds. The predicted octanol–water partition coefficient (Wildman–Crippen LogP) is 0.215. The number of piperidine rings is 1. The summed E-state index contributed by atoms with van der Waals surface area (Å²) in [4.78, 5) is 13.6. The van der Waals surface area contributed by atoms with Gasteiger partial charge in [-0.1, -0.05) is 6.92 Å². The molecule has 0 aromatic heterocycles. The number of aliphatic hydroxyl groups is 1. The molecule has 2 aliphatic rings. The quantitative estimate of drug-likeness (QED) is 0.721. The second-order valence-corrected chi connectivity index (χ2v) is 5.25. The fraction of sp³-hybridized carbons (Fsp3) is 0.917. The minimum Gasteiger partial charge on any atom is -0.391 e. The van der Waals surface area contributed by atoms with Crippen LogP contribution in [-0.2, 0) is 4.79 Å². The summed E-state index contributed by atoms with van der Waals surface area (Å²) in [6, 6.07) is 0. The molecule has 4 heteroatoms. The van der Waals surface area contributed by atoms with Crippen molar-refractivity contribution in [3.05, 3.63) is 0 Å². The highest BCUT2D eigenvalue weighted by Gasteiger charge is 2.27. The Labute approximate surface area is 97.0 Å². The van der Waals surface area contributed by atoms with Crippen molar-refractivity contribution in [2.45, 2.75) is 32.3 Å². The van der Waals surface area contributed by atoms with Crippen molar-refractivity contribution in [1.82, 2.24) is 10.2 Å². The Morgan fingerprint density at radius 2 is 2.19 bits per heavy atom. The molecule has 0 aromatic rings. The van der Waals surface area contributed by atoms with Crippen LogP contribution in [0.15, 0.2) is 0 Å². The van der Waals surface area contributed by atoms with E-state index in [9.17, 15) is 9.90 Å². The van der Waals surface area contributed by atoms with Crippen molar-refractivity contribution in [2.75, 3.05) is 26.2 Å². The molecule has 0 bridgehead atoms. The van der Waals surface area contributed by atoms with E-state index in [2.05, 4.69) is 5.32 Å². The Kier molecular flexibility index (Phi) is 3.82. The highest BCUT2D eigenvalue weighted by molar-refractivity contribution is 5.78. The minimum atomic E-state index is -0.346. The van der Waals surface area contributed by atoms with Crippen molar-refractivity contribution >= 4 is 5.91 Å². The number of β-amino-alcohol motifs (C(OH)–C–C–N with tert-alkyl or cyclic N) is 1. The predicted molar refractivity (Wildman–Crippen MR) is 62.0 cm³/mol. The van der Waals surface area contributed by atoms with Gasteiger partial charge < -0.3 is 15.3 Å². The number of likely N-dealkylation sites (tertiary alicyclic amines) is 1. The first-order chi connectivity index (χ1) is 7.66. The summed E-state index contributed by atoms with van der Waals surface area (Å²) in [5, 5.41) is 12.9. The van der Waals surface area contributed by atoms with Crippen molar-refractivity contribution in [1.29, 1.82) is 0 Å². The monoisotopic (exact) mass is 226 g/mol. The van der Waals surface area contributed by atoms with Crippen molar-refractivity contribution in [3.63, 3.8) is 0 Å². The van der Waals surface area contributed by atoms with Gasteiger partial charge in [0.1, 0.15) is 0 Å². The summed E-state index contributed by atoms with van der Waals surface area (Å²) < 4.78 is 0. The second-order valence-electron chi connectivity index (χ2n) is 5.25. The fourth-order valence-corrected chi connectivity index (χ4v) is 2.09. The summed E-state index contributed by atoms with van der Waals surface area (Å²) in [7, 11) is 0. The second kappa shape index (κ2) is 5.15. The van der Waals surface area contributed by atoms with E-state index in [0.717, 1.165) is 25.4 Å². The van der Waals surface area contributed by atoms with Gasteiger partial charge in [0.15, 0.2) is 0 Å². The highest BCUT2D eigenvalue weighted by Crippen LogP contribution is 2.27. The van der Waals surface area contributed by atoms with Gasteiger partial charge in [0.25, 0.3) is 0 Å². The molecule has 2 rings (SSSR count). The summed E-state index contributed by atoms with van der Waals surface area (Å²) in [6.45, 7) is 4.74. The van der Waals surface area contributed by atoms with E-state index in [4.69, 9.17) is 0 Å². The molecule has 1 aliphatic carbocycles. The Balaban J connectivity index is 1.67. The fourth-order valence-electron chi connectivity index (χ4n) is 2.09. The first kappa shape index (κ1) is 11.9. The number of hydrogen-bond donors (Lipinski definition) is 2. The largest absolute Gasteiger partial charge is 0.391 e. The third kappa shape index (κ3) is 3.19. The molecular formula is C12H22N2O2. The maximum Gasteiger partial charge on any atom is 0.236 e. The molecule has 2 unspecified atom stereocenters. The molecule has 2 atom stereocenters. The van der Waals surface area contributed by atoms with Gasteiger partial charge in [0.05, 0.1) is 12.6 Å². The number of amides is 1. The van der Waals surface area contributed by atoms with Crippen LogP contribution in [0.2, 0.25) is 0 Å². The number of hydrogen-bond acceptors (Lipinski definition) is 3. The molecule has 16 heavy (non-hydrogen) atoms. The first-order valence-electron chi connectivity index (χ1n) is 6.33. The van der Waals surface area contributed by atoms with Crippen LogP contribution in [0.4, 0.5) is 0 Å². The Morgan fingerprint density at radius 1 is 1.44 bits per heavy atom. The SMILES string of the molecule is CC1CCN(C(=O)CNCC2CC2)CC1O. The Hall–Kier alpha value is -0.610. The Bertz CT molecular complexity index is 253. The summed E-state index contributed by atoms with van der Waals surface area (Å²) in [5.74, 6) is 1.26. The first-order valence-corrected chi connectivity index (χ1v) is 6.33. The number of aliphatic hydroxyl groups excluding tert-OH is 1. The number of nitrogens with zero attached hydrogens (tertiary/aromatic N) is 1. The lowest BCUT2D eigenvalue weighted by atomic mass is 9.96. The highest BCUT2D eigenvalue weighted by atomic mass is 16.3. The molecule has 0 spiro atoms. The molecule has 92 valence electrons. The van der Waals surface area contributed by atoms with E-state index in [0.29, 0.717) is 19.0 Å². The van der Waals surface area contributed by atoms with Crippen LogP contribution in [0, 0.1) is 11.8 Å². The van der Waals surface area contributed by atoms with Crippen molar-refractivity contribution in [3.8, 4) is 0 Å². The molecule has 1 saturated carbocycles. The maximum atomic E-state index is 11.8. The van der Waals surface area contributed by atoms with Crippen LogP contribution >= 0.6 is 0 Å². The average molecular weight is 226 g/mol. The van der Waals surface area contributed by atoms with E-state index in [-0.39, 0.29) is 12.0 Å². The van der Waals surface area contributed by atoms with Crippen molar-refractivity contribution in [2.24, 2.45) is 11.8 Å². The van der Waals surface area contributed by atoms with Gasteiger partial charge in [-0.25, -0.2) is 0 Å². The lowest BCUT2D eigenvalue weighted by molar-refractivity contribution is -0.134. The van der Waals surface area contributed by atoms with E-state index < -0.39 is 0 Å². The molecule has 2 N–H and O–H groups in total. The Morgan fingerprint density at radius 3 is 2.81 bits per heavy atom. The number of carbonyl (C=O) groups excluding carboxylic acids is 1. The zero-order chi connectivity index (χ0) is 11.5. The van der Waals surface area contributed by atoms with Gasteiger partial charge in [-0.05, 0) is 37.6 Å². The molecule has 4 nitrogen and oxygen atoms in total. The van der Waals surface area contributed by atoms with E-state index in [1.165, 1.54) is 12.8 Å². The van der Waals surface area contributed by atoms with Crippen LogP contribution in [0.3, 0.4) is 0 Å². The summed E-state index contributed by atoms with van der Waals surface area (Å²) in [5.41, 5.74) is 0. The third-order valence-electron chi connectivity index (χ3n) is 3.68.